The van der Waals surface area contributed by atoms with Gasteiger partial charge in [0.05, 0.1) is 24.1 Å². The highest BCUT2D eigenvalue weighted by molar-refractivity contribution is 6.35. The summed E-state index contributed by atoms with van der Waals surface area (Å²) in [5, 5.41) is 4.29. The van der Waals surface area contributed by atoms with Crippen molar-refractivity contribution in [3.63, 3.8) is 0 Å². The zero-order valence-corrected chi connectivity index (χ0v) is 11.1. The van der Waals surface area contributed by atoms with Gasteiger partial charge in [-0.25, -0.2) is 4.39 Å². The van der Waals surface area contributed by atoms with Crippen molar-refractivity contribution in [1.29, 1.82) is 0 Å². The maximum absolute atomic E-state index is 13.0. The Labute approximate surface area is 115 Å². The van der Waals surface area contributed by atoms with Crippen LogP contribution in [0.3, 0.4) is 0 Å². The average molecular weight is 285 g/mol. The molecule has 1 aromatic heterocycles. The number of hydrogen-bond acceptors (Lipinski definition) is 2. The Hall–Kier alpha value is -1.32. The van der Waals surface area contributed by atoms with Crippen LogP contribution in [0.1, 0.15) is 18.5 Å². The van der Waals surface area contributed by atoms with Crippen LogP contribution in [0.2, 0.25) is 10.0 Å². The van der Waals surface area contributed by atoms with E-state index in [1.54, 1.807) is 18.3 Å². The summed E-state index contributed by atoms with van der Waals surface area (Å²) in [6.45, 7) is 1.93. The molecule has 0 aliphatic rings. The summed E-state index contributed by atoms with van der Waals surface area (Å²) < 4.78 is 13.0. The van der Waals surface area contributed by atoms with Crippen molar-refractivity contribution in [2.45, 2.75) is 13.0 Å². The number of benzene rings is 1. The lowest BCUT2D eigenvalue weighted by molar-refractivity contribution is 0.621. The van der Waals surface area contributed by atoms with Gasteiger partial charge < -0.3 is 5.32 Å². The minimum absolute atomic E-state index is 0.0710. The number of aromatic nitrogens is 1. The van der Waals surface area contributed by atoms with Crippen LogP contribution in [0, 0.1) is 5.82 Å². The van der Waals surface area contributed by atoms with E-state index in [0.717, 1.165) is 11.8 Å². The minimum Gasteiger partial charge on any atom is -0.377 e. The molecule has 2 aromatic rings. The van der Waals surface area contributed by atoms with Gasteiger partial charge in [-0.3, -0.25) is 4.98 Å². The summed E-state index contributed by atoms with van der Waals surface area (Å²) in [5.41, 5.74) is 1.50. The second kappa shape index (κ2) is 5.55. The molecule has 1 heterocycles. The van der Waals surface area contributed by atoms with Crippen LogP contribution in [0.15, 0.2) is 36.7 Å². The summed E-state index contributed by atoms with van der Waals surface area (Å²) >= 11 is 11.9. The molecule has 0 spiro atoms. The molecule has 2 rings (SSSR count). The Kier molecular flexibility index (Phi) is 4.04. The van der Waals surface area contributed by atoms with E-state index in [2.05, 4.69) is 10.3 Å². The van der Waals surface area contributed by atoms with Crippen LogP contribution in [-0.2, 0) is 0 Å². The van der Waals surface area contributed by atoms with Gasteiger partial charge in [0.1, 0.15) is 5.82 Å². The average Bonchev–Trinajstić information content (AvgIpc) is 2.28. The molecule has 0 radical (unpaired) electrons. The molecule has 1 aromatic carbocycles. The molecule has 18 heavy (non-hydrogen) atoms. The van der Waals surface area contributed by atoms with E-state index in [9.17, 15) is 4.39 Å². The van der Waals surface area contributed by atoms with E-state index in [4.69, 9.17) is 23.2 Å². The first-order valence-corrected chi connectivity index (χ1v) is 6.14. The third-order valence-electron chi connectivity index (χ3n) is 2.52. The lowest BCUT2D eigenvalue weighted by Crippen LogP contribution is -2.07. The van der Waals surface area contributed by atoms with Crippen LogP contribution < -0.4 is 5.32 Å². The van der Waals surface area contributed by atoms with Crippen LogP contribution >= 0.6 is 23.2 Å². The Morgan fingerprint density at radius 2 is 2.00 bits per heavy atom. The molecule has 0 aliphatic carbocycles. The second-order valence-electron chi connectivity index (χ2n) is 3.92. The SMILES string of the molecule is CC(Nc1cncc(F)c1)c1ccc(Cl)cc1Cl. The molecular formula is C13H11Cl2FN2. The van der Waals surface area contributed by atoms with Crippen molar-refractivity contribution in [1.82, 2.24) is 4.98 Å². The molecule has 0 amide bonds. The molecule has 5 heteroatoms. The van der Waals surface area contributed by atoms with Gasteiger partial charge in [0.25, 0.3) is 0 Å². The largest absolute Gasteiger partial charge is 0.377 e. The van der Waals surface area contributed by atoms with E-state index in [1.807, 2.05) is 13.0 Å². The molecule has 0 aliphatic heterocycles. The van der Waals surface area contributed by atoms with Crippen LogP contribution in [0.4, 0.5) is 10.1 Å². The first kappa shape index (κ1) is 13.1. The predicted octanol–water partition coefficient (Wildman–Crippen LogP) is 4.70. The van der Waals surface area contributed by atoms with Crippen LogP contribution in [-0.4, -0.2) is 4.98 Å². The van der Waals surface area contributed by atoms with Gasteiger partial charge in [-0.05, 0) is 24.6 Å². The fourth-order valence-corrected chi connectivity index (χ4v) is 2.24. The fourth-order valence-electron chi connectivity index (χ4n) is 1.67. The molecule has 1 atom stereocenters. The Morgan fingerprint density at radius 1 is 1.22 bits per heavy atom. The van der Waals surface area contributed by atoms with Gasteiger partial charge in [0, 0.05) is 16.1 Å². The van der Waals surface area contributed by atoms with Gasteiger partial charge >= 0.3 is 0 Å². The quantitative estimate of drug-likeness (QED) is 0.884. The van der Waals surface area contributed by atoms with E-state index in [1.165, 1.54) is 6.07 Å². The first-order valence-electron chi connectivity index (χ1n) is 5.38. The molecule has 0 fully saturated rings. The van der Waals surface area contributed by atoms with Gasteiger partial charge in [-0.15, -0.1) is 0 Å². The molecule has 1 unspecified atom stereocenters. The smallest absolute Gasteiger partial charge is 0.143 e. The summed E-state index contributed by atoms with van der Waals surface area (Å²) in [6, 6.07) is 6.60. The summed E-state index contributed by atoms with van der Waals surface area (Å²) in [7, 11) is 0. The van der Waals surface area contributed by atoms with Crippen molar-refractivity contribution < 1.29 is 4.39 Å². The van der Waals surface area contributed by atoms with Gasteiger partial charge in [-0.2, -0.15) is 0 Å². The molecule has 0 bridgehead atoms. The summed E-state index contributed by atoms with van der Waals surface area (Å²) in [6.07, 6.45) is 2.72. The third kappa shape index (κ3) is 3.12. The van der Waals surface area contributed by atoms with E-state index >= 15 is 0 Å². The lowest BCUT2D eigenvalue weighted by Gasteiger charge is -2.16. The Morgan fingerprint density at radius 3 is 2.67 bits per heavy atom. The predicted molar refractivity (Wildman–Crippen MR) is 72.7 cm³/mol. The van der Waals surface area contributed by atoms with Crippen molar-refractivity contribution in [3.8, 4) is 0 Å². The van der Waals surface area contributed by atoms with Gasteiger partial charge in [-0.1, -0.05) is 29.3 Å². The minimum atomic E-state index is -0.380. The van der Waals surface area contributed by atoms with Crippen LogP contribution in [0.5, 0.6) is 0 Å². The lowest BCUT2D eigenvalue weighted by atomic mass is 10.1. The Balaban J connectivity index is 2.19. The number of pyridine rings is 1. The number of anilines is 1. The maximum atomic E-state index is 13.0. The monoisotopic (exact) mass is 284 g/mol. The van der Waals surface area contributed by atoms with Crippen molar-refractivity contribution >= 4 is 28.9 Å². The zero-order valence-electron chi connectivity index (χ0n) is 9.62. The summed E-state index contributed by atoms with van der Waals surface area (Å²) in [5.74, 6) is -0.380. The highest BCUT2D eigenvalue weighted by Crippen LogP contribution is 2.28. The van der Waals surface area contributed by atoms with Crippen molar-refractivity contribution in [2.75, 3.05) is 5.32 Å². The highest BCUT2D eigenvalue weighted by atomic mass is 35.5. The summed E-state index contributed by atoms with van der Waals surface area (Å²) in [4.78, 5) is 3.78. The number of halogens is 3. The molecular weight excluding hydrogens is 274 g/mol. The molecule has 2 nitrogen and oxygen atoms in total. The zero-order chi connectivity index (χ0) is 13.1. The van der Waals surface area contributed by atoms with E-state index in [0.29, 0.717) is 15.7 Å². The van der Waals surface area contributed by atoms with Crippen LogP contribution in [0.25, 0.3) is 0 Å². The number of hydrogen-bond donors (Lipinski definition) is 1. The topological polar surface area (TPSA) is 24.9 Å². The highest BCUT2D eigenvalue weighted by Gasteiger charge is 2.10. The molecule has 0 saturated heterocycles. The second-order valence-corrected chi connectivity index (χ2v) is 4.77. The van der Waals surface area contributed by atoms with Gasteiger partial charge in [0.2, 0.25) is 0 Å². The third-order valence-corrected chi connectivity index (χ3v) is 3.08. The Bertz CT molecular complexity index is 560. The first-order chi connectivity index (χ1) is 8.56. The number of rotatable bonds is 3. The standard InChI is InChI=1S/C13H11Cl2FN2/c1-8(12-3-2-9(14)4-13(12)15)18-11-5-10(16)6-17-7-11/h2-8,18H,1H3. The molecule has 94 valence electrons. The molecule has 1 N–H and O–H groups in total. The van der Waals surface area contributed by atoms with Gasteiger partial charge in [0.15, 0.2) is 0 Å². The number of nitrogens with zero attached hydrogens (tertiary/aromatic N) is 1. The number of nitrogens with one attached hydrogen (secondary N) is 1. The normalized spacial score (nSPS) is 12.2. The van der Waals surface area contributed by atoms with E-state index in [-0.39, 0.29) is 11.9 Å². The van der Waals surface area contributed by atoms with Crippen molar-refractivity contribution in [2.24, 2.45) is 0 Å². The molecule has 0 saturated carbocycles. The van der Waals surface area contributed by atoms with E-state index < -0.39 is 0 Å². The maximum Gasteiger partial charge on any atom is 0.143 e. The fraction of sp³-hybridized carbons (Fsp3) is 0.154. The van der Waals surface area contributed by atoms with Crippen molar-refractivity contribution in [3.05, 3.63) is 58.1 Å².